The summed E-state index contributed by atoms with van der Waals surface area (Å²) >= 11 is 0. The molecule has 2 aromatic rings. The highest BCUT2D eigenvalue weighted by Gasteiger charge is 2.03. The molecule has 0 unspecified atom stereocenters. The van der Waals surface area contributed by atoms with Gasteiger partial charge in [-0.2, -0.15) is 0 Å². The van der Waals surface area contributed by atoms with E-state index in [1.165, 1.54) is 0 Å². The number of nitrogens with zero attached hydrogens (tertiary/aromatic N) is 3. The zero-order chi connectivity index (χ0) is 10.7. The van der Waals surface area contributed by atoms with Crippen LogP contribution in [0.1, 0.15) is 5.82 Å². The van der Waals surface area contributed by atoms with Gasteiger partial charge in [-0.3, -0.25) is 4.98 Å². The van der Waals surface area contributed by atoms with E-state index >= 15 is 0 Å². The minimum Gasteiger partial charge on any atom is -0.341 e. The van der Waals surface area contributed by atoms with Gasteiger partial charge in [-0.15, -0.1) is 0 Å². The first-order chi connectivity index (χ1) is 7.25. The molecule has 0 aliphatic rings. The van der Waals surface area contributed by atoms with Crippen molar-refractivity contribution in [1.82, 2.24) is 19.9 Å². The second-order valence-corrected chi connectivity index (χ2v) is 3.72. The summed E-state index contributed by atoms with van der Waals surface area (Å²) in [5.41, 5.74) is 2.08. The number of rotatable bonds is 3. The molecule has 2 aromatic heterocycles. The number of aromatic nitrogens is 3. The molecule has 1 N–H and O–H groups in total. The Morgan fingerprint density at radius 2 is 2.20 bits per heavy atom. The Bertz CT molecular complexity index is 419. The van der Waals surface area contributed by atoms with Crippen molar-refractivity contribution < 1.29 is 0 Å². The minimum absolute atomic E-state index is 0.820. The van der Waals surface area contributed by atoms with Crippen LogP contribution in [0.25, 0.3) is 11.3 Å². The molecule has 0 aliphatic heterocycles. The molecule has 0 bridgehead atoms. The number of nitrogens with one attached hydrogen (secondary N) is 1. The first kappa shape index (κ1) is 9.86. The van der Waals surface area contributed by atoms with Crippen molar-refractivity contribution in [2.45, 2.75) is 6.54 Å². The van der Waals surface area contributed by atoms with Gasteiger partial charge in [-0.1, -0.05) is 0 Å². The van der Waals surface area contributed by atoms with Crippen LogP contribution < -0.4 is 0 Å². The number of aromatic amines is 1. The van der Waals surface area contributed by atoms with Crippen molar-refractivity contribution in [2.75, 3.05) is 14.1 Å². The monoisotopic (exact) mass is 202 g/mol. The predicted molar refractivity (Wildman–Crippen MR) is 59.2 cm³/mol. The molecule has 0 aliphatic carbocycles. The van der Waals surface area contributed by atoms with Gasteiger partial charge in [-0.25, -0.2) is 4.98 Å². The molecule has 2 rings (SSSR count). The first-order valence-electron chi connectivity index (χ1n) is 4.85. The van der Waals surface area contributed by atoms with Crippen LogP contribution in [0.2, 0.25) is 0 Å². The quantitative estimate of drug-likeness (QED) is 0.821. The molecule has 0 spiro atoms. The molecule has 0 fully saturated rings. The Morgan fingerprint density at radius 1 is 1.33 bits per heavy atom. The maximum atomic E-state index is 4.31. The van der Waals surface area contributed by atoms with E-state index < -0.39 is 0 Å². The summed E-state index contributed by atoms with van der Waals surface area (Å²) in [6.45, 7) is 0.820. The maximum Gasteiger partial charge on any atom is 0.120 e. The Kier molecular flexibility index (Phi) is 2.78. The van der Waals surface area contributed by atoms with Crippen molar-refractivity contribution in [3.05, 3.63) is 36.5 Å². The van der Waals surface area contributed by atoms with Crippen LogP contribution in [0.15, 0.2) is 30.7 Å². The van der Waals surface area contributed by atoms with Gasteiger partial charge in [0.1, 0.15) is 5.82 Å². The smallest absolute Gasteiger partial charge is 0.120 e. The van der Waals surface area contributed by atoms with Crippen molar-refractivity contribution in [3.8, 4) is 11.3 Å². The van der Waals surface area contributed by atoms with Crippen LogP contribution in [0, 0.1) is 0 Å². The molecular formula is C11H14N4. The summed E-state index contributed by atoms with van der Waals surface area (Å²) in [7, 11) is 4.04. The van der Waals surface area contributed by atoms with E-state index in [-0.39, 0.29) is 0 Å². The average Bonchev–Trinajstić information content (AvgIpc) is 2.67. The fraction of sp³-hybridized carbons (Fsp3) is 0.273. The largest absolute Gasteiger partial charge is 0.341 e. The molecule has 15 heavy (non-hydrogen) atoms. The fourth-order valence-electron chi connectivity index (χ4n) is 1.41. The SMILES string of the molecule is CN(C)Cc1ncc(-c2cccnc2)[nH]1. The zero-order valence-corrected chi connectivity index (χ0v) is 8.94. The lowest BCUT2D eigenvalue weighted by Gasteiger charge is -2.05. The van der Waals surface area contributed by atoms with Crippen molar-refractivity contribution in [3.63, 3.8) is 0 Å². The van der Waals surface area contributed by atoms with E-state index in [9.17, 15) is 0 Å². The van der Waals surface area contributed by atoms with E-state index in [0.717, 1.165) is 23.6 Å². The highest BCUT2D eigenvalue weighted by Crippen LogP contribution is 2.15. The van der Waals surface area contributed by atoms with Gasteiger partial charge in [-0.05, 0) is 26.2 Å². The summed E-state index contributed by atoms with van der Waals surface area (Å²) in [5, 5.41) is 0. The third-order valence-corrected chi connectivity index (χ3v) is 2.07. The van der Waals surface area contributed by atoms with Gasteiger partial charge in [0.15, 0.2) is 0 Å². The van der Waals surface area contributed by atoms with E-state index in [4.69, 9.17) is 0 Å². The lowest BCUT2D eigenvalue weighted by atomic mass is 10.2. The van der Waals surface area contributed by atoms with E-state index in [0.29, 0.717) is 0 Å². The molecule has 2 heterocycles. The molecule has 0 saturated heterocycles. The third kappa shape index (κ3) is 2.41. The van der Waals surface area contributed by atoms with E-state index in [2.05, 4.69) is 19.9 Å². The van der Waals surface area contributed by atoms with Crippen molar-refractivity contribution in [2.24, 2.45) is 0 Å². The van der Waals surface area contributed by atoms with Gasteiger partial charge in [0.05, 0.1) is 18.4 Å². The highest BCUT2D eigenvalue weighted by atomic mass is 15.1. The van der Waals surface area contributed by atoms with E-state index in [1.807, 2.05) is 38.6 Å². The Morgan fingerprint density at radius 3 is 2.87 bits per heavy atom. The Balaban J connectivity index is 2.21. The summed E-state index contributed by atoms with van der Waals surface area (Å²) in [6.07, 6.45) is 5.43. The van der Waals surface area contributed by atoms with Gasteiger partial charge in [0, 0.05) is 18.0 Å². The number of pyridine rings is 1. The third-order valence-electron chi connectivity index (χ3n) is 2.07. The second kappa shape index (κ2) is 4.23. The van der Waals surface area contributed by atoms with Crippen LogP contribution in [0.3, 0.4) is 0 Å². The number of hydrogen-bond acceptors (Lipinski definition) is 3. The molecule has 4 nitrogen and oxygen atoms in total. The average molecular weight is 202 g/mol. The van der Waals surface area contributed by atoms with Gasteiger partial charge in [0.2, 0.25) is 0 Å². The molecule has 4 heteroatoms. The Hall–Kier alpha value is -1.68. The van der Waals surface area contributed by atoms with Crippen LogP contribution >= 0.6 is 0 Å². The molecule has 0 atom stereocenters. The predicted octanol–water partition coefficient (Wildman–Crippen LogP) is 1.53. The van der Waals surface area contributed by atoms with Crippen molar-refractivity contribution in [1.29, 1.82) is 0 Å². The standard InChI is InChI=1S/C11H14N4/c1-15(2)8-11-13-7-10(14-11)9-4-3-5-12-6-9/h3-7H,8H2,1-2H3,(H,13,14). The minimum atomic E-state index is 0.820. The van der Waals surface area contributed by atoms with Gasteiger partial charge >= 0.3 is 0 Å². The number of H-pyrrole nitrogens is 1. The van der Waals surface area contributed by atoms with Crippen LogP contribution in [0.5, 0.6) is 0 Å². The molecule has 0 aromatic carbocycles. The zero-order valence-electron chi connectivity index (χ0n) is 8.94. The van der Waals surface area contributed by atoms with Crippen LogP contribution in [-0.2, 0) is 6.54 Å². The number of imidazole rings is 1. The number of hydrogen-bond donors (Lipinski definition) is 1. The maximum absolute atomic E-state index is 4.31. The molecule has 0 radical (unpaired) electrons. The fourth-order valence-corrected chi connectivity index (χ4v) is 1.41. The lowest BCUT2D eigenvalue weighted by Crippen LogP contribution is -2.11. The van der Waals surface area contributed by atoms with Crippen LogP contribution in [-0.4, -0.2) is 33.9 Å². The molecule has 0 saturated carbocycles. The summed E-state index contributed by atoms with van der Waals surface area (Å²) < 4.78 is 0. The van der Waals surface area contributed by atoms with Gasteiger partial charge < -0.3 is 9.88 Å². The highest BCUT2D eigenvalue weighted by molar-refractivity contribution is 5.56. The molecule has 78 valence electrons. The first-order valence-corrected chi connectivity index (χ1v) is 4.85. The van der Waals surface area contributed by atoms with Gasteiger partial charge in [0.25, 0.3) is 0 Å². The summed E-state index contributed by atoms with van der Waals surface area (Å²) in [4.78, 5) is 13.7. The second-order valence-electron chi connectivity index (χ2n) is 3.72. The molecular weight excluding hydrogens is 188 g/mol. The summed E-state index contributed by atoms with van der Waals surface area (Å²) in [6, 6.07) is 3.93. The summed E-state index contributed by atoms with van der Waals surface area (Å²) in [5.74, 6) is 0.971. The normalized spacial score (nSPS) is 10.9. The molecule has 0 amide bonds. The Labute approximate surface area is 89.0 Å². The topological polar surface area (TPSA) is 44.8 Å². The van der Waals surface area contributed by atoms with E-state index in [1.54, 1.807) is 6.20 Å². The van der Waals surface area contributed by atoms with Crippen molar-refractivity contribution >= 4 is 0 Å². The lowest BCUT2D eigenvalue weighted by molar-refractivity contribution is 0.392. The van der Waals surface area contributed by atoms with Crippen LogP contribution in [0.4, 0.5) is 0 Å².